The van der Waals surface area contributed by atoms with E-state index < -0.39 is 0 Å². The minimum Gasteiger partial charge on any atom is -0.497 e. The fraction of sp³-hybridized carbons (Fsp3) is 0.333. The molecule has 0 atom stereocenters. The Labute approximate surface area is 145 Å². The van der Waals surface area contributed by atoms with Gasteiger partial charge >= 0.3 is 6.03 Å². The first kappa shape index (κ1) is 16.9. The predicted octanol–water partition coefficient (Wildman–Crippen LogP) is 2.00. The van der Waals surface area contributed by atoms with Gasteiger partial charge in [0.1, 0.15) is 17.6 Å². The van der Waals surface area contributed by atoms with Crippen LogP contribution in [0.4, 0.5) is 10.5 Å². The van der Waals surface area contributed by atoms with Gasteiger partial charge in [-0.05, 0) is 25.1 Å². The quantitative estimate of drug-likeness (QED) is 0.921. The fourth-order valence-electron chi connectivity index (χ4n) is 2.58. The van der Waals surface area contributed by atoms with Gasteiger partial charge in [-0.15, -0.1) is 0 Å². The Hall–Kier alpha value is -2.96. The van der Waals surface area contributed by atoms with Crippen LogP contribution in [0.15, 0.2) is 41.2 Å². The van der Waals surface area contributed by atoms with Gasteiger partial charge in [-0.2, -0.15) is 0 Å². The molecule has 1 N–H and O–H groups in total. The van der Waals surface area contributed by atoms with Crippen LogP contribution < -0.4 is 20.3 Å². The highest BCUT2D eigenvalue weighted by Gasteiger charge is 2.32. The number of pyridine rings is 1. The van der Waals surface area contributed by atoms with Crippen molar-refractivity contribution in [3.63, 3.8) is 0 Å². The smallest absolute Gasteiger partial charge is 0.322 e. The summed E-state index contributed by atoms with van der Waals surface area (Å²) in [6.45, 7) is 2.80. The number of carbonyl (C=O) groups excluding carboxylic acids is 1. The van der Waals surface area contributed by atoms with Crippen LogP contribution >= 0.6 is 0 Å². The molecule has 7 heteroatoms. The molecule has 1 fully saturated rings. The fourth-order valence-corrected chi connectivity index (χ4v) is 2.58. The van der Waals surface area contributed by atoms with Gasteiger partial charge in [0.2, 0.25) is 0 Å². The average Bonchev–Trinajstić information content (AvgIpc) is 2.55. The molecule has 7 nitrogen and oxygen atoms in total. The topological polar surface area (TPSA) is 72.8 Å². The first-order chi connectivity index (χ1) is 12.0. The van der Waals surface area contributed by atoms with Crippen LogP contribution in [0.25, 0.3) is 0 Å². The van der Waals surface area contributed by atoms with Gasteiger partial charge in [0.25, 0.3) is 5.56 Å². The summed E-state index contributed by atoms with van der Waals surface area (Å²) in [4.78, 5) is 25.6. The van der Waals surface area contributed by atoms with Crippen LogP contribution in [0.2, 0.25) is 0 Å². The lowest BCUT2D eigenvalue weighted by molar-refractivity contribution is 0.0490. The second-order valence-electron chi connectivity index (χ2n) is 6.04. The highest BCUT2D eigenvalue weighted by atomic mass is 16.5. The molecule has 0 saturated carbocycles. The number of urea groups is 1. The summed E-state index contributed by atoms with van der Waals surface area (Å²) in [6, 6.07) is 10.3. The van der Waals surface area contributed by atoms with Crippen molar-refractivity contribution in [3.8, 4) is 11.5 Å². The largest absolute Gasteiger partial charge is 0.497 e. The maximum atomic E-state index is 12.2. The molecule has 1 aliphatic rings. The zero-order valence-corrected chi connectivity index (χ0v) is 14.5. The van der Waals surface area contributed by atoms with Gasteiger partial charge in [0.05, 0.1) is 20.2 Å². The summed E-state index contributed by atoms with van der Waals surface area (Å²) >= 11 is 0. The molecule has 2 heterocycles. The average molecular weight is 343 g/mol. The SMILES string of the molecule is COc1cccc(NC(=O)N2CC(Oc3cc(C)n(C)c(=O)c3)C2)c1. The Kier molecular flexibility index (Phi) is 4.65. The molecular weight excluding hydrogens is 322 g/mol. The van der Waals surface area contributed by atoms with Crippen molar-refractivity contribution in [1.82, 2.24) is 9.47 Å². The van der Waals surface area contributed by atoms with Crippen molar-refractivity contribution < 1.29 is 14.3 Å². The molecule has 2 amide bonds. The van der Waals surface area contributed by atoms with Crippen molar-refractivity contribution in [2.45, 2.75) is 13.0 Å². The number of ether oxygens (including phenoxy) is 2. The third-order valence-electron chi connectivity index (χ3n) is 4.24. The van der Waals surface area contributed by atoms with E-state index in [1.165, 1.54) is 6.07 Å². The van der Waals surface area contributed by atoms with Gasteiger partial charge in [0.15, 0.2) is 0 Å². The van der Waals surface area contributed by atoms with Gasteiger partial charge < -0.3 is 24.3 Å². The summed E-state index contributed by atoms with van der Waals surface area (Å²) in [6.07, 6.45) is -0.109. The van der Waals surface area contributed by atoms with Crippen molar-refractivity contribution >= 4 is 11.7 Å². The number of aryl methyl sites for hydroxylation is 1. The summed E-state index contributed by atoms with van der Waals surface area (Å²) in [7, 11) is 3.30. The number of amides is 2. The number of nitrogens with one attached hydrogen (secondary N) is 1. The molecule has 1 aromatic carbocycles. The Morgan fingerprint density at radius 1 is 1.20 bits per heavy atom. The first-order valence-electron chi connectivity index (χ1n) is 8.00. The molecule has 1 aliphatic heterocycles. The molecule has 3 rings (SSSR count). The highest BCUT2D eigenvalue weighted by molar-refractivity contribution is 5.90. The van der Waals surface area contributed by atoms with E-state index in [2.05, 4.69) is 5.32 Å². The number of carbonyl (C=O) groups is 1. The molecular formula is C18H21N3O4. The summed E-state index contributed by atoms with van der Waals surface area (Å²) in [5.41, 5.74) is 1.40. The number of likely N-dealkylation sites (tertiary alicyclic amines) is 1. The Bertz CT molecular complexity index is 840. The molecule has 0 radical (unpaired) electrons. The van der Waals surface area contributed by atoms with E-state index in [1.54, 1.807) is 35.8 Å². The summed E-state index contributed by atoms with van der Waals surface area (Å²) in [5, 5.41) is 2.83. The van der Waals surface area contributed by atoms with E-state index in [9.17, 15) is 9.59 Å². The minimum absolute atomic E-state index is 0.109. The van der Waals surface area contributed by atoms with Gasteiger partial charge in [0, 0.05) is 30.6 Å². The van der Waals surface area contributed by atoms with E-state index in [-0.39, 0.29) is 17.7 Å². The van der Waals surface area contributed by atoms with Gasteiger partial charge in [-0.1, -0.05) is 6.07 Å². The first-order valence-corrected chi connectivity index (χ1v) is 8.00. The normalized spacial score (nSPS) is 14.0. The maximum absolute atomic E-state index is 12.2. The van der Waals surface area contributed by atoms with Gasteiger partial charge in [-0.3, -0.25) is 4.79 Å². The number of nitrogens with zero attached hydrogens (tertiary/aromatic N) is 2. The van der Waals surface area contributed by atoms with E-state index in [1.807, 2.05) is 25.1 Å². The van der Waals surface area contributed by atoms with Crippen LogP contribution in [0.5, 0.6) is 11.5 Å². The van der Waals surface area contributed by atoms with Crippen molar-refractivity contribution in [2.24, 2.45) is 7.05 Å². The zero-order chi connectivity index (χ0) is 18.0. The maximum Gasteiger partial charge on any atom is 0.322 e. The van der Waals surface area contributed by atoms with E-state index in [4.69, 9.17) is 9.47 Å². The number of anilines is 1. The number of hydrogen-bond acceptors (Lipinski definition) is 4. The number of hydrogen-bond donors (Lipinski definition) is 1. The number of benzene rings is 1. The molecule has 0 unspecified atom stereocenters. The molecule has 1 saturated heterocycles. The zero-order valence-electron chi connectivity index (χ0n) is 14.5. The van der Waals surface area contributed by atoms with Crippen molar-refractivity contribution in [2.75, 3.05) is 25.5 Å². The van der Waals surface area contributed by atoms with Crippen LogP contribution in [0, 0.1) is 6.92 Å². The van der Waals surface area contributed by atoms with Crippen LogP contribution in [0.3, 0.4) is 0 Å². The molecule has 0 aliphatic carbocycles. The van der Waals surface area contributed by atoms with Crippen molar-refractivity contribution in [1.29, 1.82) is 0 Å². The molecule has 1 aromatic heterocycles. The van der Waals surface area contributed by atoms with Gasteiger partial charge in [-0.25, -0.2) is 4.79 Å². The molecule has 132 valence electrons. The molecule has 2 aromatic rings. The number of aromatic nitrogens is 1. The molecule has 0 bridgehead atoms. The molecule has 25 heavy (non-hydrogen) atoms. The Morgan fingerprint density at radius 3 is 2.64 bits per heavy atom. The van der Waals surface area contributed by atoms with Crippen molar-refractivity contribution in [3.05, 3.63) is 52.4 Å². The second-order valence-corrected chi connectivity index (χ2v) is 6.04. The number of rotatable bonds is 4. The highest BCUT2D eigenvalue weighted by Crippen LogP contribution is 2.20. The van der Waals surface area contributed by atoms with Crippen LogP contribution in [-0.4, -0.2) is 41.8 Å². The third kappa shape index (κ3) is 3.76. The predicted molar refractivity (Wildman–Crippen MR) is 94.4 cm³/mol. The Morgan fingerprint density at radius 2 is 1.96 bits per heavy atom. The number of methoxy groups -OCH3 is 1. The Balaban J connectivity index is 1.53. The molecule has 0 spiro atoms. The van der Waals surface area contributed by atoms with Crippen LogP contribution in [-0.2, 0) is 7.05 Å². The summed E-state index contributed by atoms with van der Waals surface area (Å²) in [5.74, 6) is 1.22. The lowest BCUT2D eigenvalue weighted by atomic mass is 10.2. The van der Waals surface area contributed by atoms with E-state index >= 15 is 0 Å². The standard InChI is InChI=1S/C18H21N3O4/c1-12-7-15(9-17(22)20(12)2)25-16-10-21(11-16)18(23)19-13-5-4-6-14(8-13)24-3/h4-9,16H,10-11H2,1-3H3,(H,19,23). The van der Waals surface area contributed by atoms with E-state index in [0.717, 1.165) is 5.69 Å². The second kappa shape index (κ2) is 6.88. The minimum atomic E-state index is -0.187. The van der Waals surface area contributed by atoms with Crippen LogP contribution in [0.1, 0.15) is 5.69 Å². The third-order valence-corrected chi connectivity index (χ3v) is 4.24. The van der Waals surface area contributed by atoms with E-state index in [0.29, 0.717) is 30.3 Å². The summed E-state index contributed by atoms with van der Waals surface area (Å²) < 4.78 is 12.5. The monoisotopic (exact) mass is 343 g/mol. The lowest BCUT2D eigenvalue weighted by Crippen LogP contribution is -2.57. The lowest BCUT2D eigenvalue weighted by Gasteiger charge is -2.38.